The molecular formula is C24H23FN4O5S. The third kappa shape index (κ3) is 4.60. The number of hydrogen-bond donors (Lipinski definition) is 3. The van der Waals surface area contributed by atoms with Crippen molar-refractivity contribution < 1.29 is 27.0 Å². The lowest BCUT2D eigenvalue weighted by Crippen LogP contribution is -2.16. The van der Waals surface area contributed by atoms with Crippen LogP contribution < -0.4 is 19.9 Å². The van der Waals surface area contributed by atoms with E-state index in [0.717, 1.165) is 29.7 Å². The first-order valence-corrected chi connectivity index (χ1v) is 12.3. The largest absolute Gasteiger partial charge is 0.497 e. The summed E-state index contributed by atoms with van der Waals surface area (Å²) in [5.41, 5.74) is 8.67. The number of nitrogens with zero attached hydrogens (tertiary/aromatic N) is 1. The van der Waals surface area contributed by atoms with Crippen LogP contribution in [0.5, 0.6) is 11.5 Å². The normalized spacial score (nSPS) is 15.9. The van der Waals surface area contributed by atoms with Gasteiger partial charge in [0.25, 0.3) is 10.0 Å². The standard InChI is InChI=1S/C24H23FN4O5S/c1-32-17-6-7-19(25)22(12-17)35(30,31)29-16-4-2-14(3-5-16)15-10-20-23(24(26)28-27-20)21(11-15)34-18-8-9-33-13-18/h2-7,10-12,18,29H,8-9,13H2,1H3,(H3,26,27,28)/t18-/m0/s1. The second-order valence-electron chi connectivity index (χ2n) is 8.09. The van der Waals surface area contributed by atoms with E-state index < -0.39 is 20.7 Å². The molecule has 0 aliphatic carbocycles. The lowest BCUT2D eigenvalue weighted by molar-refractivity contribution is 0.142. The molecule has 182 valence electrons. The van der Waals surface area contributed by atoms with Gasteiger partial charge in [0, 0.05) is 18.2 Å². The topological polar surface area (TPSA) is 129 Å². The number of sulfonamides is 1. The molecule has 0 spiro atoms. The number of anilines is 2. The van der Waals surface area contributed by atoms with Crippen LogP contribution in [-0.4, -0.2) is 45.0 Å². The van der Waals surface area contributed by atoms with Crippen molar-refractivity contribution in [1.82, 2.24) is 10.2 Å². The van der Waals surface area contributed by atoms with Gasteiger partial charge in [-0.2, -0.15) is 5.10 Å². The van der Waals surface area contributed by atoms with Gasteiger partial charge in [-0.1, -0.05) is 12.1 Å². The minimum absolute atomic E-state index is 0.0726. The third-order valence-corrected chi connectivity index (χ3v) is 7.13. The van der Waals surface area contributed by atoms with E-state index in [2.05, 4.69) is 14.9 Å². The van der Waals surface area contributed by atoms with Crippen molar-refractivity contribution >= 4 is 32.4 Å². The van der Waals surface area contributed by atoms with Crippen LogP contribution in [0.4, 0.5) is 15.9 Å². The number of ether oxygens (including phenoxy) is 3. The fourth-order valence-corrected chi connectivity index (χ4v) is 5.10. The minimum Gasteiger partial charge on any atom is -0.497 e. The molecule has 3 aromatic carbocycles. The highest BCUT2D eigenvalue weighted by atomic mass is 32.2. The number of H-pyrrole nitrogens is 1. The van der Waals surface area contributed by atoms with E-state index in [1.807, 2.05) is 12.1 Å². The molecule has 1 saturated heterocycles. The molecule has 0 unspecified atom stereocenters. The molecule has 4 N–H and O–H groups in total. The zero-order valence-corrected chi connectivity index (χ0v) is 19.6. The van der Waals surface area contributed by atoms with E-state index in [4.69, 9.17) is 19.9 Å². The van der Waals surface area contributed by atoms with Crippen molar-refractivity contribution in [3.63, 3.8) is 0 Å². The number of nitrogens with two attached hydrogens (primary N) is 1. The van der Waals surface area contributed by atoms with Crippen molar-refractivity contribution in [3.05, 3.63) is 60.4 Å². The number of fused-ring (bicyclic) bond motifs is 1. The zero-order chi connectivity index (χ0) is 24.6. The first kappa shape index (κ1) is 22.9. The molecule has 4 aromatic rings. The Labute approximate surface area is 201 Å². The SMILES string of the molecule is COc1ccc(F)c(S(=O)(=O)Nc2ccc(-c3cc(O[C@H]4CCOC4)c4c(N)n[nH]c4c3)cc2)c1. The highest BCUT2D eigenvalue weighted by Gasteiger charge is 2.22. The predicted octanol–water partition coefficient (Wildman–Crippen LogP) is 3.93. The number of aromatic nitrogens is 2. The summed E-state index contributed by atoms with van der Waals surface area (Å²) in [5.74, 6) is 0.300. The first-order chi connectivity index (χ1) is 16.8. The molecule has 0 bridgehead atoms. The summed E-state index contributed by atoms with van der Waals surface area (Å²) in [5, 5.41) is 7.71. The van der Waals surface area contributed by atoms with Gasteiger partial charge >= 0.3 is 0 Å². The van der Waals surface area contributed by atoms with Gasteiger partial charge in [0.05, 0.1) is 31.2 Å². The van der Waals surface area contributed by atoms with E-state index >= 15 is 0 Å². The minimum atomic E-state index is -4.16. The molecule has 2 heterocycles. The molecule has 0 amide bonds. The van der Waals surface area contributed by atoms with Crippen molar-refractivity contribution in [2.75, 3.05) is 30.8 Å². The Kier molecular flexibility index (Phi) is 5.95. The Morgan fingerprint density at radius 2 is 1.94 bits per heavy atom. The van der Waals surface area contributed by atoms with Gasteiger partial charge in [0.15, 0.2) is 5.82 Å². The lowest BCUT2D eigenvalue weighted by atomic mass is 10.0. The Hall–Kier alpha value is -3.83. The molecule has 35 heavy (non-hydrogen) atoms. The number of benzene rings is 3. The Morgan fingerprint density at radius 1 is 1.14 bits per heavy atom. The van der Waals surface area contributed by atoms with Crippen LogP contribution in [0.1, 0.15) is 6.42 Å². The van der Waals surface area contributed by atoms with Crippen LogP contribution in [0.2, 0.25) is 0 Å². The number of halogens is 1. The highest BCUT2D eigenvalue weighted by molar-refractivity contribution is 7.92. The Morgan fingerprint density at radius 3 is 2.66 bits per heavy atom. The number of aromatic amines is 1. The predicted molar refractivity (Wildman–Crippen MR) is 130 cm³/mol. The average molecular weight is 499 g/mol. The summed E-state index contributed by atoms with van der Waals surface area (Å²) in [6.45, 7) is 1.15. The molecular weight excluding hydrogens is 475 g/mol. The molecule has 1 aliphatic heterocycles. The van der Waals surface area contributed by atoms with Crippen LogP contribution in [0.25, 0.3) is 22.0 Å². The van der Waals surface area contributed by atoms with Crippen LogP contribution in [0.3, 0.4) is 0 Å². The van der Waals surface area contributed by atoms with Crippen LogP contribution in [-0.2, 0) is 14.8 Å². The van der Waals surface area contributed by atoms with E-state index in [1.54, 1.807) is 24.3 Å². The number of methoxy groups -OCH3 is 1. The molecule has 1 fully saturated rings. The van der Waals surface area contributed by atoms with Crippen LogP contribution in [0.15, 0.2) is 59.5 Å². The summed E-state index contributed by atoms with van der Waals surface area (Å²) < 4.78 is 58.7. The maximum Gasteiger partial charge on any atom is 0.264 e. The molecule has 0 radical (unpaired) electrons. The summed E-state index contributed by atoms with van der Waals surface area (Å²) in [6.07, 6.45) is 0.711. The second-order valence-corrected chi connectivity index (χ2v) is 9.74. The first-order valence-electron chi connectivity index (χ1n) is 10.8. The second kappa shape index (κ2) is 9.08. The quantitative estimate of drug-likeness (QED) is 0.352. The van der Waals surface area contributed by atoms with Gasteiger partial charge < -0.3 is 19.9 Å². The van der Waals surface area contributed by atoms with Gasteiger partial charge in [-0.15, -0.1) is 0 Å². The monoisotopic (exact) mass is 498 g/mol. The molecule has 1 aromatic heterocycles. The van der Waals surface area contributed by atoms with Crippen LogP contribution >= 0.6 is 0 Å². The number of nitrogen functional groups attached to an aromatic ring is 1. The van der Waals surface area contributed by atoms with Gasteiger partial charge in [-0.25, -0.2) is 12.8 Å². The summed E-state index contributed by atoms with van der Waals surface area (Å²) >= 11 is 0. The van der Waals surface area contributed by atoms with Gasteiger partial charge in [-0.05, 0) is 47.5 Å². The Balaban J connectivity index is 1.43. The average Bonchev–Trinajstić information content (AvgIpc) is 3.49. The molecule has 5 rings (SSSR count). The van der Waals surface area contributed by atoms with Gasteiger partial charge in [-0.3, -0.25) is 9.82 Å². The van der Waals surface area contributed by atoms with Crippen molar-refractivity contribution in [2.24, 2.45) is 0 Å². The summed E-state index contributed by atoms with van der Waals surface area (Å²) in [4.78, 5) is -0.499. The van der Waals surface area contributed by atoms with Crippen LogP contribution in [0, 0.1) is 5.82 Å². The maximum atomic E-state index is 14.2. The molecule has 11 heteroatoms. The molecule has 0 saturated carbocycles. The lowest BCUT2D eigenvalue weighted by Gasteiger charge is -2.15. The molecule has 1 aliphatic rings. The maximum absolute atomic E-state index is 14.2. The highest BCUT2D eigenvalue weighted by Crippen LogP contribution is 2.36. The van der Waals surface area contributed by atoms with E-state index in [9.17, 15) is 12.8 Å². The zero-order valence-electron chi connectivity index (χ0n) is 18.7. The van der Waals surface area contributed by atoms with E-state index in [0.29, 0.717) is 35.7 Å². The van der Waals surface area contributed by atoms with Gasteiger partial charge in [0.1, 0.15) is 28.3 Å². The van der Waals surface area contributed by atoms with Crippen molar-refractivity contribution in [3.8, 4) is 22.6 Å². The molecule has 9 nitrogen and oxygen atoms in total. The van der Waals surface area contributed by atoms with E-state index in [1.165, 1.54) is 13.2 Å². The summed E-state index contributed by atoms with van der Waals surface area (Å²) in [7, 11) is -2.79. The number of hydrogen-bond acceptors (Lipinski definition) is 7. The number of rotatable bonds is 7. The van der Waals surface area contributed by atoms with E-state index in [-0.39, 0.29) is 17.5 Å². The smallest absolute Gasteiger partial charge is 0.264 e. The fourth-order valence-electron chi connectivity index (χ4n) is 3.95. The van der Waals surface area contributed by atoms with Gasteiger partial charge in [0.2, 0.25) is 0 Å². The molecule has 1 atom stereocenters. The van der Waals surface area contributed by atoms with Crippen molar-refractivity contribution in [1.29, 1.82) is 0 Å². The summed E-state index contributed by atoms with van der Waals surface area (Å²) in [6, 6.07) is 14.0. The number of nitrogens with one attached hydrogen (secondary N) is 2. The Bertz CT molecular complexity index is 1480. The van der Waals surface area contributed by atoms with Crippen molar-refractivity contribution in [2.45, 2.75) is 17.4 Å². The fraction of sp³-hybridized carbons (Fsp3) is 0.208. The third-order valence-electron chi connectivity index (χ3n) is 5.73.